The van der Waals surface area contributed by atoms with Crippen LogP contribution in [0.4, 0.5) is 0 Å². The Kier molecular flexibility index (Phi) is 5.54. The van der Waals surface area contributed by atoms with Gasteiger partial charge in [0.15, 0.2) is 0 Å². The highest BCUT2D eigenvalue weighted by molar-refractivity contribution is 7.99. The maximum absolute atomic E-state index is 11.6. The Balaban J connectivity index is 2.11. The van der Waals surface area contributed by atoms with E-state index in [0.29, 0.717) is 25.5 Å². The molecule has 0 aromatic carbocycles. The van der Waals surface area contributed by atoms with Crippen LogP contribution in [0.2, 0.25) is 0 Å². The molecule has 2 atom stereocenters. The van der Waals surface area contributed by atoms with Crippen molar-refractivity contribution in [2.75, 3.05) is 31.3 Å². The fourth-order valence-corrected chi connectivity index (χ4v) is 1.86. The molecule has 0 bridgehead atoms. The van der Waals surface area contributed by atoms with Crippen molar-refractivity contribution in [3.05, 3.63) is 0 Å². The van der Waals surface area contributed by atoms with Crippen molar-refractivity contribution < 1.29 is 9.53 Å². The summed E-state index contributed by atoms with van der Waals surface area (Å²) in [6.45, 7) is 1.54. The van der Waals surface area contributed by atoms with E-state index in [2.05, 4.69) is 11.2 Å². The summed E-state index contributed by atoms with van der Waals surface area (Å²) in [7, 11) is 0. The summed E-state index contributed by atoms with van der Waals surface area (Å²) >= 11 is 1.63. The molecule has 0 aromatic heterocycles. The molecule has 84 valence electrons. The monoisotopic (exact) mass is 228 g/mol. The largest absolute Gasteiger partial charge is 0.379 e. The van der Waals surface area contributed by atoms with Gasteiger partial charge in [0.05, 0.1) is 24.9 Å². The van der Waals surface area contributed by atoms with Crippen molar-refractivity contribution in [1.82, 2.24) is 5.32 Å². The van der Waals surface area contributed by atoms with Crippen LogP contribution in [0.5, 0.6) is 0 Å². The van der Waals surface area contributed by atoms with Crippen molar-refractivity contribution in [2.45, 2.75) is 6.04 Å². The summed E-state index contributed by atoms with van der Waals surface area (Å²) in [5.74, 6) is 3.84. The van der Waals surface area contributed by atoms with Crippen LogP contribution in [0.1, 0.15) is 0 Å². The van der Waals surface area contributed by atoms with Gasteiger partial charge in [-0.15, -0.1) is 18.2 Å². The number of rotatable bonds is 5. The number of hydrogen-bond donors (Lipinski definition) is 2. The van der Waals surface area contributed by atoms with Crippen LogP contribution < -0.4 is 11.1 Å². The van der Waals surface area contributed by atoms with Crippen molar-refractivity contribution in [3.8, 4) is 12.3 Å². The van der Waals surface area contributed by atoms with Gasteiger partial charge in [0.2, 0.25) is 5.91 Å². The van der Waals surface area contributed by atoms with E-state index in [1.54, 1.807) is 11.8 Å². The van der Waals surface area contributed by atoms with Gasteiger partial charge in [0, 0.05) is 18.3 Å². The molecule has 3 N–H and O–H groups in total. The fourth-order valence-electron chi connectivity index (χ4n) is 1.35. The number of thioether (sulfide) groups is 1. The fraction of sp³-hybridized carbons (Fsp3) is 0.700. The lowest BCUT2D eigenvalue weighted by molar-refractivity contribution is -0.125. The summed E-state index contributed by atoms with van der Waals surface area (Å²) in [5.41, 5.74) is 5.71. The lowest BCUT2D eigenvalue weighted by Crippen LogP contribution is -2.41. The van der Waals surface area contributed by atoms with E-state index in [9.17, 15) is 4.79 Å². The molecule has 1 heterocycles. The molecule has 1 amide bonds. The number of nitrogens with two attached hydrogens (primary N) is 1. The van der Waals surface area contributed by atoms with Gasteiger partial charge in [-0.25, -0.2) is 0 Å². The summed E-state index contributed by atoms with van der Waals surface area (Å²) < 4.78 is 5.12. The lowest BCUT2D eigenvalue weighted by Gasteiger charge is -2.12. The minimum Gasteiger partial charge on any atom is -0.379 e. The molecule has 0 radical (unpaired) electrons. The minimum absolute atomic E-state index is 0.0127. The number of terminal acetylenes is 1. The molecule has 0 aromatic rings. The Labute approximate surface area is 94.3 Å². The Hall–Kier alpha value is -0.700. The zero-order valence-electron chi connectivity index (χ0n) is 8.57. The molecular formula is C10H16N2O2S. The first-order valence-corrected chi connectivity index (χ1v) is 6.03. The maximum Gasteiger partial charge on any atom is 0.227 e. The van der Waals surface area contributed by atoms with Gasteiger partial charge < -0.3 is 15.8 Å². The standard InChI is InChI=1S/C10H16N2O2S/c1-2-4-15-5-3-12-10(13)8-6-14-7-9(8)11/h1,8-9H,3-7,11H2,(H,12,13). The van der Waals surface area contributed by atoms with E-state index in [1.165, 1.54) is 0 Å². The van der Waals surface area contributed by atoms with Crippen molar-refractivity contribution in [1.29, 1.82) is 0 Å². The number of hydrogen-bond acceptors (Lipinski definition) is 4. The number of ether oxygens (including phenoxy) is 1. The zero-order chi connectivity index (χ0) is 11.1. The van der Waals surface area contributed by atoms with Crippen molar-refractivity contribution >= 4 is 17.7 Å². The van der Waals surface area contributed by atoms with Crippen molar-refractivity contribution in [2.24, 2.45) is 11.7 Å². The van der Waals surface area contributed by atoms with E-state index in [4.69, 9.17) is 16.9 Å². The van der Waals surface area contributed by atoms with Crippen LogP contribution in [0.25, 0.3) is 0 Å². The third kappa shape index (κ3) is 4.12. The van der Waals surface area contributed by atoms with Crippen LogP contribution in [0.15, 0.2) is 0 Å². The highest BCUT2D eigenvalue weighted by atomic mass is 32.2. The van der Waals surface area contributed by atoms with Crippen LogP contribution in [0, 0.1) is 18.3 Å². The van der Waals surface area contributed by atoms with Crippen LogP contribution in [-0.2, 0) is 9.53 Å². The molecule has 5 heteroatoms. The summed E-state index contributed by atoms with van der Waals surface area (Å²) in [5, 5.41) is 2.83. The Bertz CT molecular complexity index is 252. The molecule has 1 saturated heterocycles. The first kappa shape index (κ1) is 12.4. The Morgan fingerprint density at radius 3 is 3.07 bits per heavy atom. The smallest absolute Gasteiger partial charge is 0.227 e. The predicted octanol–water partition coefficient (Wildman–Crippen LogP) is -0.557. The third-order valence-corrected chi connectivity index (χ3v) is 3.06. The molecule has 1 aliphatic heterocycles. The maximum atomic E-state index is 11.6. The second-order valence-corrected chi connectivity index (χ2v) is 4.46. The van der Waals surface area contributed by atoms with Crippen LogP contribution >= 0.6 is 11.8 Å². The molecular weight excluding hydrogens is 212 g/mol. The van der Waals surface area contributed by atoms with E-state index < -0.39 is 0 Å². The molecule has 0 saturated carbocycles. The topological polar surface area (TPSA) is 64.3 Å². The zero-order valence-corrected chi connectivity index (χ0v) is 9.39. The molecule has 4 nitrogen and oxygen atoms in total. The van der Waals surface area contributed by atoms with Gasteiger partial charge >= 0.3 is 0 Å². The normalized spacial score (nSPS) is 24.8. The van der Waals surface area contributed by atoms with Gasteiger partial charge in [-0.05, 0) is 0 Å². The molecule has 1 fully saturated rings. The number of carbonyl (C=O) groups is 1. The Morgan fingerprint density at radius 2 is 2.47 bits per heavy atom. The second kappa shape index (κ2) is 6.72. The molecule has 0 aliphatic carbocycles. The van der Waals surface area contributed by atoms with E-state index in [0.717, 1.165) is 5.75 Å². The highest BCUT2D eigenvalue weighted by Gasteiger charge is 2.30. The lowest BCUT2D eigenvalue weighted by atomic mass is 10.0. The van der Waals surface area contributed by atoms with Crippen LogP contribution in [0.3, 0.4) is 0 Å². The predicted molar refractivity (Wildman–Crippen MR) is 61.5 cm³/mol. The average Bonchev–Trinajstić information content (AvgIpc) is 2.64. The minimum atomic E-state index is -0.192. The van der Waals surface area contributed by atoms with Gasteiger partial charge in [0.25, 0.3) is 0 Å². The first-order valence-electron chi connectivity index (χ1n) is 4.88. The second-order valence-electron chi connectivity index (χ2n) is 3.36. The molecule has 1 rings (SSSR count). The van der Waals surface area contributed by atoms with E-state index >= 15 is 0 Å². The third-order valence-electron chi connectivity index (χ3n) is 2.19. The summed E-state index contributed by atoms with van der Waals surface area (Å²) in [6.07, 6.45) is 5.10. The summed E-state index contributed by atoms with van der Waals surface area (Å²) in [6, 6.07) is -0.164. The van der Waals surface area contributed by atoms with Crippen molar-refractivity contribution in [3.63, 3.8) is 0 Å². The molecule has 0 spiro atoms. The van der Waals surface area contributed by atoms with E-state index in [-0.39, 0.29) is 17.9 Å². The molecule has 15 heavy (non-hydrogen) atoms. The number of amides is 1. The van der Waals surface area contributed by atoms with Gasteiger partial charge in [-0.3, -0.25) is 4.79 Å². The van der Waals surface area contributed by atoms with Gasteiger partial charge in [-0.1, -0.05) is 5.92 Å². The van der Waals surface area contributed by atoms with Gasteiger partial charge in [-0.2, -0.15) is 0 Å². The summed E-state index contributed by atoms with van der Waals surface area (Å²) in [4.78, 5) is 11.6. The average molecular weight is 228 g/mol. The first-order chi connectivity index (χ1) is 7.25. The number of nitrogens with one attached hydrogen (secondary N) is 1. The molecule has 1 aliphatic rings. The SMILES string of the molecule is C#CCSCCNC(=O)C1COCC1N. The quantitative estimate of drug-likeness (QED) is 0.489. The molecule has 2 unspecified atom stereocenters. The van der Waals surface area contributed by atoms with Gasteiger partial charge in [0.1, 0.15) is 0 Å². The highest BCUT2D eigenvalue weighted by Crippen LogP contribution is 2.11. The number of carbonyl (C=O) groups excluding carboxylic acids is 1. The van der Waals surface area contributed by atoms with E-state index in [1.807, 2.05) is 0 Å². The van der Waals surface area contributed by atoms with Crippen LogP contribution in [-0.4, -0.2) is 43.2 Å². The Morgan fingerprint density at radius 1 is 1.67 bits per heavy atom.